The average molecular weight is 268 g/mol. The van der Waals surface area contributed by atoms with Crippen molar-refractivity contribution in [2.24, 2.45) is 5.92 Å². The fourth-order valence-corrected chi connectivity index (χ4v) is 1.93. The summed E-state index contributed by atoms with van der Waals surface area (Å²) >= 11 is 0. The first-order valence-corrected chi connectivity index (χ1v) is 6.72. The van der Waals surface area contributed by atoms with Crippen LogP contribution in [0.25, 0.3) is 0 Å². The van der Waals surface area contributed by atoms with Crippen LogP contribution < -0.4 is 15.8 Å². The maximum Gasteiger partial charge on any atom is 0.222 e. The number of aliphatic hydroxyl groups is 1. The number of aromatic nitrogens is 2. The molecule has 0 aliphatic carbocycles. The van der Waals surface area contributed by atoms with Crippen molar-refractivity contribution in [2.75, 3.05) is 31.3 Å². The van der Waals surface area contributed by atoms with Gasteiger partial charge in [-0.25, -0.2) is 4.98 Å². The van der Waals surface area contributed by atoms with Crippen molar-refractivity contribution in [3.8, 4) is 5.75 Å². The van der Waals surface area contributed by atoms with Crippen LogP contribution in [0.3, 0.4) is 0 Å². The normalized spacial score (nSPS) is 12.2. The van der Waals surface area contributed by atoms with Crippen LogP contribution in [0.4, 0.5) is 11.8 Å². The molecule has 0 aliphatic rings. The van der Waals surface area contributed by atoms with Gasteiger partial charge in [0.25, 0.3) is 0 Å². The van der Waals surface area contributed by atoms with Gasteiger partial charge in [-0.2, -0.15) is 4.98 Å². The molecule has 1 aromatic rings. The summed E-state index contributed by atoms with van der Waals surface area (Å²) in [6, 6.07) is 0. The van der Waals surface area contributed by atoms with E-state index in [2.05, 4.69) is 22.2 Å². The molecule has 1 unspecified atom stereocenters. The molecule has 0 aromatic carbocycles. The molecule has 4 N–H and O–H groups in total. The molecule has 1 atom stereocenters. The van der Waals surface area contributed by atoms with Crippen molar-refractivity contribution >= 4 is 11.8 Å². The number of aliphatic hydroxyl groups excluding tert-OH is 1. The van der Waals surface area contributed by atoms with E-state index in [1.807, 2.05) is 0 Å². The number of rotatable bonds is 9. The zero-order valence-electron chi connectivity index (χ0n) is 11.7. The number of nitrogens with two attached hydrogens (primary N) is 1. The highest BCUT2D eigenvalue weighted by atomic mass is 16.5. The minimum atomic E-state index is 0.207. The van der Waals surface area contributed by atoms with Gasteiger partial charge in [-0.3, -0.25) is 0 Å². The Balaban J connectivity index is 2.59. The zero-order chi connectivity index (χ0) is 14.1. The Kier molecular flexibility index (Phi) is 6.95. The summed E-state index contributed by atoms with van der Waals surface area (Å²) in [6.45, 7) is 3.12. The topological polar surface area (TPSA) is 93.3 Å². The molecule has 0 saturated carbocycles. The molecule has 0 radical (unpaired) electrons. The second kappa shape index (κ2) is 8.53. The van der Waals surface area contributed by atoms with Crippen LogP contribution >= 0.6 is 0 Å². The number of ether oxygens (including phenoxy) is 1. The molecule has 6 nitrogen and oxygen atoms in total. The zero-order valence-corrected chi connectivity index (χ0v) is 11.7. The van der Waals surface area contributed by atoms with E-state index in [9.17, 15) is 0 Å². The van der Waals surface area contributed by atoms with Crippen molar-refractivity contribution in [1.29, 1.82) is 0 Å². The summed E-state index contributed by atoms with van der Waals surface area (Å²) in [5, 5.41) is 12.3. The van der Waals surface area contributed by atoms with Gasteiger partial charge >= 0.3 is 0 Å². The summed E-state index contributed by atoms with van der Waals surface area (Å²) in [4.78, 5) is 8.01. The van der Waals surface area contributed by atoms with E-state index in [-0.39, 0.29) is 12.6 Å². The second-order valence-corrected chi connectivity index (χ2v) is 4.55. The summed E-state index contributed by atoms with van der Waals surface area (Å²) in [7, 11) is 1.57. The maximum atomic E-state index is 9.08. The predicted molar refractivity (Wildman–Crippen MR) is 76.2 cm³/mol. The van der Waals surface area contributed by atoms with Gasteiger partial charge < -0.3 is 20.9 Å². The average Bonchev–Trinajstić information content (AvgIpc) is 2.42. The Bertz CT molecular complexity index is 374. The van der Waals surface area contributed by atoms with Gasteiger partial charge in [0, 0.05) is 13.2 Å². The van der Waals surface area contributed by atoms with Gasteiger partial charge in [0.1, 0.15) is 0 Å². The molecule has 1 rings (SSSR count). The molecule has 0 saturated heterocycles. The summed E-state index contributed by atoms with van der Waals surface area (Å²) in [5.74, 6) is 1.82. The van der Waals surface area contributed by atoms with E-state index >= 15 is 0 Å². The largest absolute Gasteiger partial charge is 0.491 e. The van der Waals surface area contributed by atoms with Gasteiger partial charge in [0.2, 0.25) is 5.95 Å². The molecule has 6 heteroatoms. The number of methoxy groups -OCH3 is 1. The minimum Gasteiger partial charge on any atom is -0.491 e. The van der Waals surface area contributed by atoms with Crippen LogP contribution in [0, 0.1) is 5.92 Å². The lowest BCUT2D eigenvalue weighted by atomic mass is 9.99. The Hall–Kier alpha value is -1.56. The van der Waals surface area contributed by atoms with Gasteiger partial charge in [0.15, 0.2) is 11.6 Å². The standard InChI is InChI=1S/C13H24N4O2/c1-3-4-5-10(6-7-18)8-15-12-11(19-2)9-16-13(14)17-12/h9-10,18H,3-8H2,1-2H3,(H3,14,15,16,17). The third-order valence-corrected chi connectivity index (χ3v) is 3.06. The lowest BCUT2D eigenvalue weighted by Gasteiger charge is -2.17. The summed E-state index contributed by atoms with van der Waals surface area (Å²) in [5.41, 5.74) is 5.57. The van der Waals surface area contributed by atoms with Crippen LogP contribution in [0.15, 0.2) is 6.20 Å². The van der Waals surface area contributed by atoms with Crippen LogP contribution in [0.2, 0.25) is 0 Å². The highest BCUT2D eigenvalue weighted by Gasteiger charge is 2.11. The monoisotopic (exact) mass is 268 g/mol. The molecule has 1 aromatic heterocycles. The molecule has 0 spiro atoms. The number of unbranched alkanes of at least 4 members (excludes halogenated alkanes) is 1. The van der Waals surface area contributed by atoms with Crippen molar-refractivity contribution in [1.82, 2.24) is 9.97 Å². The molecular formula is C13H24N4O2. The third kappa shape index (κ3) is 5.30. The molecule has 0 fully saturated rings. The number of hydrogen-bond acceptors (Lipinski definition) is 6. The van der Waals surface area contributed by atoms with Crippen molar-refractivity contribution < 1.29 is 9.84 Å². The van der Waals surface area contributed by atoms with E-state index < -0.39 is 0 Å². The number of nitrogens with one attached hydrogen (secondary N) is 1. The maximum absolute atomic E-state index is 9.08. The summed E-state index contributed by atoms with van der Waals surface area (Å²) in [6.07, 6.45) is 5.75. The Morgan fingerprint density at radius 1 is 1.47 bits per heavy atom. The Morgan fingerprint density at radius 3 is 2.89 bits per heavy atom. The van der Waals surface area contributed by atoms with E-state index in [0.29, 0.717) is 17.5 Å². The molecule has 0 aliphatic heterocycles. The first kappa shape index (κ1) is 15.5. The third-order valence-electron chi connectivity index (χ3n) is 3.06. The highest BCUT2D eigenvalue weighted by Crippen LogP contribution is 2.22. The number of hydrogen-bond donors (Lipinski definition) is 3. The minimum absolute atomic E-state index is 0.207. The Morgan fingerprint density at radius 2 is 2.26 bits per heavy atom. The van der Waals surface area contributed by atoms with E-state index in [1.54, 1.807) is 13.3 Å². The van der Waals surface area contributed by atoms with Gasteiger partial charge in [-0.05, 0) is 18.8 Å². The summed E-state index contributed by atoms with van der Waals surface area (Å²) < 4.78 is 5.18. The lowest BCUT2D eigenvalue weighted by Crippen LogP contribution is -2.17. The predicted octanol–water partition coefficient (Wildman–Crippen LogP) is 1.67. The molecule has 108 valence electrons. The molecule has 1 heterocycles. The molecular weight excluding hydrogens is 244 g/mol. The van der Waals surface area contributed by atoms with Crippen molar-refractivity contribution in [2.45, 2.75) is 32.6 Å². The Labute approximate surface area is 114 Å². The van der Waals surface area contributed by atoms with Gasteiger partial charge in [-0.15, -0.1) is 0 Å². The molecule has 19 heavy (non-hydrogen) atoms. The number of nitrogens with zero attached hydrogens (tertiary/aromatic N) is 2. The fraction of sp³-hybridized carbons (Fsp3) is 0.692. The van der Waals surface area contributed by atoms with Crippen LogP contribution in [-0.2, 0) is 0 Å². The SMILES string of the molecule is CCCCC(CCO)CNc1nc(N)ncc1OC. The molecule has 0 bridgehead atoms. The lowest BCUT2D eigenvalue weighted by molar-refractivity contribution is 0.254. The second-order valence-electron chi connectivity index (χ2n) is 4.55. The van der Waals surface area contributed by atoms with Crippen LogP contribution in [-0.4, -0.2) is 35.3 Å². The highest BCUT2D eigenvalue weighted by molar-refractivity contribution is 5.51. The quantitative estimate of drug-likeness (QED) is 0.631. The van der Waals surface area contributed by atoms with E-state index in [4.69, 9.17) is 15.6 Å². The number of anilines is 2. The smallest absolute Gasteiger partial charge is 0.222 e. The molecule has 0 amide bonds. The first-order valence-electron chi connectivity index (χ1n) is 6.72. The van der Waals surface area contributed by atoms with E-state index in [0.717, 1.165) is 32.2 Å². The van der Waals surface area contributed by atoms with Gasteiger partial charge in [0.05, 0.1) is 13.3 Å². The van der Waals surface area contributed by atoms with Crippen molar-refractivity contribution in [3.05, 3.63) is 6.20 Å². The first-order chi connectivity index (χ1) is 9.21. The number of nitrogen functional groups attached to an aromatic ring is 1. The van der Waals surface area contributed by atoms with E-state index in [1.165, 1.54) is 0 Å². The van der Waals surface area contributed by atoms with Crippen LogP contribution in [0.1, 0.15) is 32.6 Å². The van der Waals surface area contributed by atoms with Gasteiger partial charge in [-0.1, -0.05) is 19.8 Å². The van der Waals surface area contributed by atoms with Crippen LogP contribution in [0.5, 0.6) is 5.75 Å². The fourth-order valence-electron chi connectivity index (χ4n) is 1.93. The van der Waals surface area contributed by atoms with Crippen molar-refractivity contribution in [3.63, 3.8) is 0 Å².